The summed E-state index contributed by atoms with van der Waals surface area (Å²) in [5.41, 5.74) is 1.85. The maximum absolute atomic E-state index is 5.20. The molecule has 20 heavy (non-hydrogen) atoms. The van der Waals surface area contributed by atoms with Gasteiger partial charge in [0.2, 0.25) is 0 Å². The van der Waals surface area contributed by atoms with Gasteiger partial charge in [0.25, 0.3) is 0 Å². The van der Waals surface area contributed by atoms with Crippen LogP contribution in [0.1, 0.15) is 30.1 Å². The second-order valence-corrected chi connectivity index (χ2v) is 6.95. The summed E-state index contributed by atoms with van der Waals surface area (Å²) in [5.74, 6) is 0. The molecular weight excluding hydrogens is 268 g/mol. The molecule has 1 saturated carbocycles. The maximum atomic E-state index is 5.20. The van der Waals surface area contributed by atoms with E-state index in [1.54, 1.807) is 7.11 Å². The minimum atomic E-state index is 0.476. The highest BCUT2D eigenvalue weighted by Crippen LogP contribution is 2.48. The number of rotatable bonds is 6. The summed E-state index contributed by atoms with van der Waals surface area (Å²) >= 11 is 1.86. The van der Waals surface area contributed by atoms with Crippen molar-refractivity contribution in [1.29, 1.82) is 0 Å². The zero-order valence-electron chi connectivity index (χ0n) is 12.0. The SMILES string of the molecule is COCCC1(CNC2=NCC(c3ccccc3)S2)CC1. The standard InChI is InChI=1S/C16H22N2OS/c1-19-10-9-16(7-8-16)12-18-15-17-11-14(20-15)13-5-3-2-4-6-13/h2-6,14H,7-12H2,1H3,(H,17,18). The van der Waals surface area contributed by atoms with Crippen LogP contribution in [-0.2, 0) is 4.74 Å². The Balaban J connectivity index is 1.46. The van der Waals surface area contributed by atoms with E-state index in [2.05, 4.69) is 40.6 Å². The van der Waals surface area contributed by atoms with E-state index in [0.717, 1.165) is 31.3 Å². The first kappa shape index (κ1) is 14.0. The summed E-state index contributed by atoms with van der Waals surface area (Å²) in [6.45, 7) is 2.81. The summed E-state index contributed by atoms with van der Waals surface area (Å²) in [7, 11) is 1.78. The molecule has 3 nitrogen and oxygen atoms in total. The van der Waals surface area contributed by atoms with Crippen LogP contribution in [0.25, 0.3) is 0 Å². The molecule has 1 aliphatic carbocycles. The van der Waals surface area contributed by atoms with Crippen molar-refractivity contribution in [2.45, 2.75) is 24.5 Å². The second-order valence-electron chi connectivity index (χ2n) is 5.76. The molecule has 3 rings (SSSR count). The lowest BCUT2D eigenvalue weighted by Crippen LogP contribution is -2.28. The number of methoxy groups -OCH3 is 1. The van der Waals surface area contributed by atoms with Crippen LogP contribution in [0.2, 0.25) is 0 Å². The summed E-state index contributed by atoms with van der Waals surface area (Å²) < 4.78 is 5.20. The third-order valence-electron chi connectivity index (χ3n) is 4.23. The Kier molecular flexibility index (Phi) is 4.32. The van der Waals surface area contributed by atoms with Crippen molar-refractivity contribution in [2.24, 2.45) is 10.4 Å². The Hall–Kier alpha value is -1.00. The van der Waals surface area contributed by atoms with Gasteiger partial charge in [-0.05, 0) is 30.2 Å². The van der Waals surface area contributed by atoms with Gasteiger partial charge in [-0.3, -0.25) is 4.99 Å². The van der Waals surface area contributed by atoms with E-state index < -0.39 is 0 Å². The van der Waals surface area contributed by atoms with Crippen molar-refractivity contribution in [3.05, 3.63) is 35.9 Å². The van der Waals surface area contributed by atoms with E-state index in [-0.39, 0.29) is 0 Å². The molecule has 1 aliphatic heterocycles. The van der Waals surface area contributed by atoms with Crippen LogP contribution in [0.15, 0.2) is 35.3 Å². The first-order valence-electron chi connectivity index (χ1n) is 7.30. The average molecular weight is 290 g/mol. The second kappa shape index (κ2) is 6.19. The van der Waals surface area contributed by atoms with Gasteiger partial charge in [-0.15, -0.1) is 0 Å². The molecule has 0 bridgehead atoms. The van der Waals surface area contributed by atoms with Crippen LogP contribution in [0.3, 0.4) is 0 Å². The maximum Gasteiger partial charge on any atom is 0.157 e. The van der Waals surface area contributed by atoms with E-state index >= 15 is 0 Å². The zero-order valence-corrected chi connectivity index (χ0v) is 12.8. The topological polar surface area (TPSA) is 33.6 Å². The van der Waals surface area contributed by atoms with Crippen LogP contribution in [-0.4, -0.2) is 32.0 Å². The van der Waals surface area contributed by atoms with Crippen LogP contribution in [0.4, 0.5) is 0 Å². The van der Waals surface area contributed by atoms with Crippen molar-refractivity contribution in [2.75, 3.05) is 26.8 Å². The molecule has 0 radical (unpaired) electrons. The molecule has 1 fully saturated rings. The zero-order chi connectivity index (χ0) is 13.8. The smallest absolute Gasteiger partial charge is 0.157 e. The van der Waals surface area contributed by atoms with E-state index in [1.165, 1.54) is 18.4 Å². The van der Waals surface area contributed by atoms with Crippen molar-refractivity contribution in [3.63, 3.8) is 0 Å². The number of nitrogens with zero attached hydrogens (tertiary/aromatic N) is 1. The van der Waals surface area contributed by atoms with E-state index in [0.29, 0.717) is 10.7 Å². The van der Waals surface area contributed by atoms with E-state index in [1.807, 2.05) is 11.8 Å². The van der Waals surface area contributed by atoms with Crippen LogP contribution in [0.5, 0.6) is 0 Å². The molecule has 0 saturated heterocycles. The normalized spacial score (nSPS) is 23.4. The molecule has 0 aromatic heterocycles. The minimum Gasteiger partial charge on any atom is -0.385 e. The molecule has 0 amide bonds. The van der Waals surface area contributed by atoms with Crippen LogP contribution < -0.4 is 5.32 Å². The average Bonchev–Trinajstić information content (AvgIpc) is 3.11. The van der Waals surface area contributed by atoms with Crippen molar-refractivity contribution < 1.29 is 4.74 Å². The molecule has 1 aromatic rings. The first-order chi connectivity index (χ1) is 9.81. The van der Waals surface area contributed by atoms with Gasteiger partial charge in [0, 0.05) is 20.3 Å². The van der Waals surface area contributed by atoms with Gasteiger partial charge in [0.1, 0.15) is 0 Å². The van der Waals surface area contributed by atoms with E-state index in [4.69, 9.17) is 4.74 Å². The number of benzene rings is 1. The Labute approximate surface area is 125 Å². The highest BCUT2D eigenvalue weighted by atomic mass is 32.2. The van der Waals surface area contributed by atoms with Gasteiger partial charge in [0.15, 0.2) is 5.17 Å². The molecule has 1 heterocycles. The Morgan fingerprint density at radius 2 is 2.15 bits per heavy atom. The molecule has 1 aromatic carbocycles. The minimum absolute atomic E-state index is 0.476. The lowest BCUT2D eigenvalue weighted by molar-refractivity contribution is 0.173. The summed E-state index contributed by atoms with van der Waals surface area (Å²) in [5, 5.41) is 5.14. The lowest BCUT2D eigenvalue weighted by atomic mass is 10.0. The van der Waals surface area contributed by atoms with Gasteiger partial charge >= 0.3 is 0 Å². The molecular formula is C16H22N2OS. The molecule has 108 valence electrons. The Morgan fingerprint density at radius 1 is 1.35 bits per heavy atom. The fourth-order valence-electron chi connectivity index (χ4n) is 2.59. The monoisotopic (exact) mass is 290 g/mol. The molecule has 2 aliphatic rings. The first-order valence-corrected chi connectivity index (χ1v) is 8.18. The number of hydrogen-bond acceptors (Lipinski definition) is 4. The van der Waals surface area contributed by atoms with Crippen LogP contribution in [0, 0.1) is 5.41 Å². The highest BCUT2D eigenvalue weighted by Gasteiger charge is 2.42. The lowest BCUT2D eigenvalue weighted by Gasteiger charge is -2.16. The number of aliphatic imine (C=N–C) groups is 1. The number of thioether (sulfide) groups is 1. The third kappa shape index (κ3) is 3.36. The highest BCUT2D eigenvalue weighted by molar-refractivity contribution is 8.14. The molecule has 1 N–H and O–H groups in total. The predicted octanol–water partition coefficient (Wildman–Crippen LogP) is 3.24. The molecule has 4 heteroatoms. The summed E-state index contributed by atoms with van der Waals surface area (Å²) in [6.07, 6.45) is 3.81. The quantitative estimate of drug-likeness (QED) is 0.873. The molecule has 0 spiro atoms. The Bertz CT molecular complexity index is 471. The largest absolute Gasteiger partial charge is 0.385 e. The van der Waals surface area contributed by atoms with Crippen LogP contribution >= 0.6 is 11.8 Å². The predicted molar refractivity (Wildman–Crippen MR) is 85.2 cm³/mol. The molecule has 1 atom stereocenters. The van der Waals surface area contributed by atoms with Gasteiger partial charge in [0.05, 0.1) is 11.8 Å². The van der Waals surface area contributed by atoms with E-state index in [9.17, 15) is 0 Å². The number of nitrogens with one attached hydrogen (secondary N) is 1. The van der Waals surface area contributed by atoms with Gasteiger partial charge in [-0.2, -0.15) is 0 Å². The van der Waals surface area contributed by atoms with Gasteiger partial charge < -0.3 is 10.1 Å². The summed E-state index contributed by atoms with van der Waals surface area (Å²) in [6, 6.07) is 10.7. The number of amidine groups is 1. The van der Waals surface area contributed by atoms with Crippen molar-refractivity contribution >= 4 is 16.9 Å². The molecule has 1 unspecified atom stereocenters. The number of hydrogen-bond donors (Lipinski definition) is 1. The fraction of sp³-hybridized carbons (Fsp3) is 0.562. The Morgan fingerprint density at radius 3 is 2.85 bits per heavy atom. The van der Waals surface area contributed by atoms with Crippen molar-refractivity contribution in [3.8, 4) is 0 Å². The van der Waals surface area contributed by atoms with Crippen molar-refractivity contribution in [1.82, 2.24) is 5.32 Å². The van der Waals surface area contributed by atoms with Gasteiger partial charge in [-0.25, -0.2) is 0 Å². The summed E-state index contributed by atoms with van der Waals surface area (Å²) in [4.78, 5) is 4.64. The third-order valence-corrected chi connectivity index (χ3v) is 5.44. The fourth-order valence-corrected chi connectivity index (χ4v) is 3.60. The van der Waals surface area contributed by atoms with Gasteiger partial charge in [-0.1, -0.05) is 42.1 Å². The number of ether oxygens (including phenoxy) is 1.